The number of carbonyl (C=O) groups is 1. The summed E-state index contributed by atoms with van der Waals surface area (Å²) in [5.41, 5.74) is 0.588. The summed E-state index contributed by atoms with van der Waals surface area (Å²) in [4.78, 5) is 12.0. The Morgan fingerprint density at radius 2 is 2.00 bits per heavy atom. The molecule has 1 aliphatic rings. The molecule has 0 bridgehead atoms. The van der Waals surface area contributed by atoms with E-state index >= 15 is 0 Å². The Morgan fingerprint density at radius 1 is 1.29 bits per heavy atom. The second-order valence-electron chi connectivity index (χ2n) is 5.43. The molecule has 1 aromatic rings. The topological polar surface area (TPSA) is 58.6 Å². The van der Waals surface area contributed by atoms with E-state index in [1.165, 1.54) is 25.7 Å². The van der Waals surface area contributed by atoms with Crippen LogP contribution in [0.1, 0.15) is 44.1 Å². The average Bonchev–Trinajstić information content (AvgIpc) is 2.74. The standard InChI is InChI=1S/C16H22ClNO3/c17-14-9-5-6-12(10-19)16(14)21-11-15(20)18-13-7-3-1-2-4-8-13/h5-6,9,13,19H,1-4,7-8,10-11H2,(H,18,20). The third-order valence-corrected chi connectivity index (χ3v) is 4.08. The summed E-state index contributed by atoms with van der Waals surface area (Å²) in [6, 6.07) is 5.41. The van der Waals surface area contributed by atoms with Crippen molar-refractivity contribution in [1.29, 1.82) is 0 Å². The van der Waals surface area contributed by atoms with Crippen molar-refractivity contribution in [3.05, 3.63) is 28.8 Å². The van der Waals surface area contributed by atoms with Gasteiger partial charge in [0.05, 0.1) is 11.6 Å². The molecule has 1 saturated carbocycles. The van der Waals surface area contributed by atoms with Crippen LogP contribution in [0.2, 0.25) is 5.02 Å². The molecule has 4 nitrogen and oxygen atoms in total. The molecule has 21 heavy (non-hydrogen) atoms. The number of rotatable bonds is 5. The van der Waals surface area contributed by atoms with Gasteiger partial charge in [-0.15, -0.1) is 0 Å². The van der Waals surface area contributed by atoms with Gasteiger partial charge >= 0.3 is 0 Å². The average molecular weight is 312 g/mol. The van der Waals surface area contributed by atoms with Crippen LogP contribution < -0.4 is 10.1 Å². The molecular formula is C16H22ClNO3. The molecule has 0 heterocycles. The zero-order valence-corrected chi connectivity index (χ0v) is 12.9. The monoisotopic (exact) mass is 311 g/mol. The summed E-state index contributed by atoms with van der Waals surface area (Å²) in [6.45, 7) is -0.243. The number of carbonyl (C=O) groups excluding carboxylic acids is 1. The highest BCUT2D eigenvalue weighted by atomic mass is 35.5. The number of hydrogen-bond donors (Lipinski definition) is 2. The van der Waals surface area contributed by atoms with Crippen LogP contribution in [0.4, 0.5) is 0 Å². The minimum atomic E-state index is -0.167. The Balaban J connectivity index is 1.86. The van der Waals surface area contributed by atoms with Crippen molar-refractivity contribution in [3.63, 3.8) is 0 Å². The quantitative estimate of drug-likeness (QED) is 0.822. The second kappa shape index (κ2) is 8.25. The predicted octanol–water partition coefficient (Wildman–Crippen LogP) is 3.05. The Morgan fingerprint density at radius 3 is 2.67 bits per heavy atom. The van der Waals surface area contributed by atoms with Crippen molar-refractivity contribution < 1.29 is 14.6 Å². The van der Waals surface area contributed by atoms with E-state index in [0.29, 0.717) is 16.3 Å². The number of aliphatic hydroxyl groups excluding tert-OH is 1. The lowest BCUT2D eigenvalue weighted by molar-refractivity contribution is -0.123. The van der Waals surface area contributed by atoms with Crippen LogP contribution in [0.25, 0.3) is 0 Å². The molecule has 0 unspecified atom stereocenters. The Bertz CT molecular complexity index is 471. The van der Waals surface area contributed by atoms with Gasteiger partial charge in [0.15, 0.2) is 6.61 Å². The smallest absolute Gasteiger partial charge is 0.258 e. The van der Waals surface area contributed by atoms with Crippen molar-refractivity contribution in [3.8, 4) is 5.75 Å². The van der Waals surface area contributed by atoms with E-state index < -0.39 is 0 Å². The Labute approximate surface area is 130 Å². The molecule has 0 atom stereocenters. The number of nitrogens with one attached hydrogen (secondary N) is 1. The predicted molar refractivity (Wildman–Crippen MR) is 82.5 cm³/mol. The summed E-state index contributed by atoms with van der Waals surface area (Å²) in [6.07, 6.45) is 6.93. The van der Waals surface area contributed by atoms with E-state index in [1.807, 2.05) is 0 Å². The number of ether oxygens (including phenoxy) is 1. The number of benzene rings is 1. The molecule has 0 spiro atoms. The second-order valence-corrected chi connectivity index (χ2v) is 5.84. The normalized spacial score (nSPS) is 16.3. The minimum absolute atomic E-state index is 0.0762. The van der Waals surface area contributed by atoms with Crippen LogP contribution in [-0.4, -0.2) is 23.7 Å². The van der Waals surface area contributed by atoms with Gasteiger partial charge in [-0.1, -0.05) is 49.4 Å². The highest BCUT2D eigenvalue weighted by Gasteiger charge is 2.16. The third kappa shape index (κ3) is 4.90. The van der Waals surface area contributed by atoms with Gasteiger partial charge in [0, 0.05) is 11.6 Å². The summed E-state index contributed by atoms with van der Waals surface area (Å²) in [5, 5.41) is 12.7. The van der Waals surface area contributed by atoms with E-state index in [2.05, 4.69) is 5.32 Å². The van der Waals surface area contributed by atoms with Crippen molar-refractivity contribution in [2.75, 3.05) is 6.61 Å². The molecule has 0 aliphatic heterocycles. The summed E-state index contributed by atoms with van der Waals surface area (Å²) in [5.74, 6) is 0.253. The molecule has 1 amide bonds. The van der Waals surface area contributed by atoms with E-state index in [9.17, 15) is 9.90 Å². The van der Waals surface area contributed by atoms with Gasteiger partial charge in [0.1, 0.15) is 5.75 Å². The first kappa shape index (κ1) is 16.1. The fraction of sp³-hybridized carbons (Fsp3) is 0.562. The molecular weight excluding hydrogens is 290 g/mol. The first-order valence-corrected chi connectivity index (χ1v) is 7.89. The Kier molecular flexibility index (Phi) is 6.33. The van der Waals surface area contributed by atoms with Crippen LogP contribution in [0.3, 0.4) is 0 Å². The molecule has 0 saturated heterocycles. The van der Waals surface area contributed by atoms with Gasteiger partial charge in [-0.2, -0.15) is 0 Å². The SMILES string of the molecule is O=C(COc1c(Cl)cccc1CO)NC1CCCCCC1. The van der Waals surface area contributed by atoms with Crippen molar-refractivity contribution in [2.45, 2.75) is 51.2 Å². The molecule has 0 aromatic heterocycles. The highest BCUT2D eigenvalue weighted by Crippen LogP contribution is 2.28. The lowest BCUT2D eigenvalue weighted by Gasteiger charge is -2.17. The lowest BCUT2D eigenvalue weighted by Crippen LogP contribution is -2.37. The highest BCUT2D eigenvalue weighted by molar-refractivity contribution is 6.32. The molecule has 1 aliphatic carbocycles. The van der Waals surface area contributed by atoms with E-state index in [-0.39, 0.29) is 25.2 Å². The molecule has 0 radical (unpaired) electrons. The maximum absolute atomic E-state index is 12.0. The van der Waals surface area contributed by atoms with Crippen molar-refractivity contribution in [2.24, 2.45) is 0 Å². The van der Waals surface area contributed by atoms with Crippen LogP contribution in [-0.2, 0) is 11.4 Å². The van der Waals surface area contributed by atoms with E-state index in [4.69, 9.17) is 16.3 Å². The number of hydrogen-bond acceptors (Lipinski definition) is 3. The molecule has 2 rings (SSSR count). The zero-order valence-electron chi connectivity index (χ0n) is 12.1. The first-order chi connectivity index (χ1) is 10.2. The van der Waals surface area contributed by atoms with E-state index in [1.54, 1.807) is 18.2 Å². The van der Waals surface area contributed by atoms with Gasteiger partial charge < -0.3 is 15.2 Å². The maximum atomic E-state index is 12.0. The van der Waals surface area contributed by atoms with Gasteiger partial charge in [-0.25, -0.2) is 0 Å². The Hall–Kier alpha value is -1.26. The van der Waals surface area contributed by atoms with Crippen LogP contribution in [0.15, 0.2) is 18.2 Å². The summed E-state index contributed by atoms with van der Waals surface area (Å²) in [7, 11) is 0. The summed E-state index contributed by atoms with van der Waals surface area (Å²) < 4.78 is 5.49. The first-order valence-electron chi connectivity index (χ1n) is 7.51. The summed E-state index contributed by atoms with van der Waals surface area (Å²) >= 11 is 6.04. The fourth-order valence-corrected chi connectivity index (χ4v) is 2.92. The number of halogens is 1. The molecule has 1 fully saturated rings. The van der Waals surface area contributed by atoms with Gasteiger partial charge in [-0.3, -0.25) is 4.79 Å². The largest absolute Gasteiger partial charge is 0.482 e. The van der Waals surface area contributed by atoms with Crippen LogP contribution in [0, 0.1) is 0 Å². The van der Waals surface area contributed by atoms with Crippen LogP contribution >= 0.6 is 11.6 Å². The van der Waals surface area contributed by atoms with Gasteiger partial charge in [0.2, 0.25) is 0 Å². The van der Waals surface area contributed by atoms with Crippen LogP contribution in [0.5, 0.6) is 5.75 Å². The maximum Gasteiger partial charge on any atom is 0.258 e. The fourth-order valence-electron chi connectivity index (χ4n) is 2.67. The molecule has 116 valence electrons. The van der Waals surface area contributed by atoms with Gasteiger partial charge in [0.25, 0.3) is 5.91 Å². The van der Waals surface area contributed by atoms with Crippen molar-refractivity contribution in [1.82, 2.24) is 5.32 Å². The van der Waals surface area contributed by atoms with Crippen molar-refractivity contribution >= 4 is 17.5 Å². The minimum Gasteiger partial charge on any atom is -0.482 e. The van der Waals surface area contributed by atoms with E-state index in [0.717, 1.165) is 12.8 Å². The zero-order chi connectivity index (χ0) is 15.1. The third-order valence-electron chi connectivity index (χ3n) is 3.79. The number of aliphatic hydroxyl groups is 1. The lowest BCUT2D eigenvalue weighted by atomic mass is 10.1. The molecule has 1 aromatic carbocycles. The molecule has 5 heteroatoms. The number of para-hydroxylation sites is 1. The number of amides is 1. The van der Waals surface area contributed by atoms with Gasteiger partial charge in [-0.05, 0) is 18.9 Å². The molecule has 2 N–H and O–H groups in total.